The molecule has 6 heteroatoms. The summed E-state index contributed by atoms with van der Waals surface area (Å²) in [5.74, 6) is 1.69. The molecule has 2 N–H and O–H groups in total. The van der Waals surface area contributed by atoms with Crippen LogP contribution in [-0.4, -0.2) is 42.4 Å². The minimum atomic E-state index is 0.535. The maximum atomic E-state index is 5.40. The molecule has 3 rings (SSSR count). The minimum Gasteiger partial charge on any atom is -0.494 e. The summed E-state index contributed by atoms with van der Waals surface area (Å²) in [5, 5.41) is 6.80. The van der Waals surface area contributed by atoms with Crippen molar-refractivity contribution in [2.45, 2.75) is 41.2 Å². The highest BCUT2D eigenvalue weighted by Crippen LogP contribution is 2.18. The predicted octanol–water partition coefficient (Wildman–Crippen LogP) is 7.36. The molecule has 3 aromatic rings. The number of anilines is 2. The third-order valence-electron chi connectivity index (χ3n) is 6.22. The Morgan fingerprint density at radius 2 is 1.06 bits per heavy atom. The standard InChI is InChI=1S/C17H20N2O2S.C13H22N/c1-3-20-15-9-5-13(6-10-15)18-17(22)19-14-7-11-16(12-8-14)21-4-2;1-4-14(5-2,6-3)12-13-10-8-7-9-11-13/h5-12H,3-4H2,1-2H3,(H2,18,19,22);7-11H,4-6,12H2,1-3H3/q;+1. The molecule has 0 aliphatic rings. The van der Waals surface area contributed by atoms with E-state index in [1.54, 1.807) is 0 Å². The van der Waals surface area contributed by atoms with Crippen LogP contribution in [0.25, 0.3) is 0 Å². The summed E-state index contributed by atoms with van der Waals surface area (Å²) in [6.07, 6.45) is 0. The molecule has 0 unspecified atom stereocenters. The number of rotatable bonds is 11. The summed E-state index contributed by atoms with van der Waals surface area (Å²) < 4.78 is 12.0. The van der Waals surface area contributed by atoms with E-state index < -0.39 is 0 Å². The van der Waals surface area contributed by atoms with Gasteiger partial charge >= 0.3 is 0 Å². The lowest BCUT2D eigenvalue weighted by Gasteiger charge is -2.35. The molecule has 194 valence electrons. The second kappa shape index (κ2) is 15.8. The molecule has 0 heterocycles. The summed E-state index contributed by atoms with van der Waals surface area (Å²) in [5.41, 5.74) is 3.27. The Labute approximate surface area is 223 Å². The molecule has 0 bridgehead atoms. The van der Waals surface area contributed by atoms with E-state index in [1.807, 2.05) is 62.4 Å². The SMILES string of the molecule is CCOc1ccc(NC(=S)Nc2ccc(OCC)cc2)cc1.CC[N+](CC)(CC)Cc1ccccc1. The van der Waals surface area contributed by atoms with Crippen LogP contribution in [0.15, 0.2) is 78.9 Å². The second-order valence-corrected chi connectivity index (χ2v) is 8.84. The Hall–Kier alpha value is -3.09. The maximum absolute atomic E-state index is 5.40. The Morgan fingerprint density at radius 1 is 0.639 bits per heavy atom. The molecule has 0 saturated heterocycles. The molecular weight excluding hydrogens is 466 g/mol. The van der Waals surface area contributed by atoms with Crippen molar-refractivity contribution in [3.8, 4) is 11.5 Å². The van der Waals surface area contributed by atoms with Crippen LogP contribution < -0.4 is 20.1 Å². The first-order valence-corrected chi connectivity index (χ1v) is 13.3. The van der Waals surface area contributed by atoms with Gasteiger partial charge in [-0.15, -0.1) is 0 Å². The Balaban J connectivity index is 0.000000281. The largest absolute Gasteiger partial charge is 0.494 e. The van der Waals surface area contributed by atoms with E-state index in [9.17, 15) is 0 Å². The molecule has 3 aromatic carbocycles. The number of quaternary nitrogens is 1. The van der Waals surface area contributed by atoms with Gasteiger partial charge < -0.3 is 24.6 Å². The molecule has 0 aromatic heterocycles. The highest BCUT2D eigenvalue weighted by Gasteiger charge is 2.20. The fraction of sp³-hybridized carbons (Fsp3) is 0.367. The van der Waals surface area contributed by atoms with E-state index in [1.165, 1.54) is 36.2 Å². The van der Waals surface area contributed by atoms with Crippen molar-refractivity contribution in [1.29, 1.82) is 0 Å². The van der Waals surface area contributed by atoms with Crippen molar-refractivity contribution in [3.05, 3.63) is 84.4 Å². The van der Waals surface area contributed by atoms with E-state index in [4.69, 9.17) is 21.7 Å². The third-order valence-corrected chi connectivity index (χ3v) is 6.42. The molecule has 0 spiro atoms. The molecule has 36 heavy (non-hydrogen) atoms. The predicted molar refractivity (Wildman–Crippen MR) is 157 cm³/mol. The van der Waals surface area contributed by atoms with Gasteiger partial charge in [0.1, 0.15) is 18.0 Å². The first kappa shape index (κ1) is 29.1. The van der Waals surface area contributed by atoms with Crippen LogP contribution in [0.1, 0.15) is 40.2 Å². The van der Waals surface area contributed by atoms with Crippen LogP contribution in [0.4, 0.5) is 11.4 Å². The van der Waals surface area contributed by atoms with Crippen molar-refractivity contribution in [2.75, 3.05) is 43.5 Å². The second-order valence-electron chi connectivity index (χ2n) is 8.43. The summed E-state index contributed by atoms with van der Waals surface area (Å²) in [7, 11) is 0. The van der Waals surface area contributed by atoms with E-state index >= 15 is 0 Å². The molecular formula is C30H42N3O2S+. The highest BCUT2D eigenvalue weighted by molar-refractivity contribution is 7.80. The van der Waals surface area contributed by atoms with Gasteiger partial charge in [0.15, 0.2) is 5.11 Å². The molecule has 5 nitrogen and oxygen atoms in total. The maximum Gasteiger partial charge on any atom is 0.175 e. The van der Waals surface area contributed by atoms with Gasteiger partial charge in [-0.3, -0.25) is 0 Å². The quantitative estimate of drug-likeness (QED) is 0.209. The molecule has 0 aliphatic heterocycles. The molecule has 0 amide bonds. The Kier molecular flexibility index (Phi) is 12.8. The van der Waals surface area contributed by atoms with Gasteiger partial charge in [0.05, 0.1) is 32.8 Å². The molecule has 0 fully saturated rings. The number of benzene rings is 3. The Morgan fingerprint density at radius 3 is 1.42 bits per heavy atom. The first-order chi connectivity index (χ1) is 17.5. The van der Waals surface area contributed by atoms with Crippen molar-refractivity contribution >= 4 is 28.7 Å². The average molecular weight is 509 g/mol. The van der Waals surface area contributed by atoms with Crippen LogP contribution in [0.5, 0.6) is 11.5 Å². The highest BCUT2D eigenvalue weighted by atomic mass is 32.1. The summed E-state index contributed by atoms with van der Waals surface area (Å²) in [4.78, 5) is 0. The van der Waals surface area contributed by atoms with Gasteiger partial charge in [0.2, 0.25) is 0 Å². The summed E-state index contributed by atoms with van der Waals surface area (Å²) >= 11 is 5.30. The average Bonchev–Trinajstić information content (AvgIpc) is 2.91. The number of nitrogens with one attached hydrogen (secondary N) is 2. The van der Waals surface area contributed by atoms with Crippen LogP contribution in [-0.2, 0) is 6.54 Å². The summed E-state index contributed by atoms with van der Waals surface area (Å²) in [6, 6.07) is 26.1. The fourth-order valence-corrected chi connectivity index (χ4v) is 4.11. The van der Waals surface area contributed by atoms with Gasteiger partial charge in [-0.25, -0.2) is 0 Å². The van der Waals surface area contributed by atoms with E-state index in [0.29, 0.717) is 18.3 Å². The van der Waals surface area contributed by atoms with Crippen molar-refractivity contribution in [1.82, 2.24) is 0 Å². The van der Waals surface area contributed by atoms with Crippen LogP contribution >= 0.6 is 12.2 Å². The number of hydrogen-bond donors (Lipinski definition) is 2. The molecule has 0 saturated carbocycles. The monoisotopic (exact) mass is 508 g/mol. The number of thiocarbonyl (C=S) groups is 1. The third kappa shape index (κ3) is 9.88. The normalized spacial score (nSPS) is 10.6. The number of nitrogens with zero attached hydrogens (tertiary/aromatic N) is 1. The van der Waals surface area contributed by atoms with Crippen molar-refractivity contribution in [3.63, 3.8) is 0 Å². The van der Waals surface area contributed by atoms with Crippen LogP contribution in [0, 0.1) is 0 Å². The van der Waals surface area contributed by atoms with Crippen molar-refractivity contribution < 1.29 is 14.0 Å². The lowest BCUT2D eigenvalue weighted by Crippen LogP contribution is -2.46. The number of hydrogen-bond acceptors (Lipinski definition) is 3. The fourth-order valence-electron chi connectivity index (χ4n) is 3.87. The lowest BCUT2D eigenvalue weighted by atomic mass is 10.2. The topological polar surface area (TPSA) is 42.5 Å². The number of ether oxygens (including phenoxy) is 2. The van der Waals surface area contributed by atoms with Gasteiger partial charge in [-0.05, 0) is 95.4 Å². The minimum absolute atomic E-state index is 0.535. The Bertz CT molecular complexity index is 943. The molecule has 0 radical (unpaired) electrons. The van der Waals surface area contributed by atoms with E-state index in [0.717, 1.165) is 22.9 Å². The lowest BCUT2D eigenvalue weighted by molar-refractivity contribution is -0.936. The van der Waals surface area contributed by atoms with Gasteiger partial charge in [0, 0.05) is 16.9 Å². The van der Waals surface area contributed by atoms with Gasteiger partial charge in [-0.1, -0.05) is 30.3 Å². The molecule has 0 atom stereocenters. The zero-order valence-corrected chi connectivity index (χ0v) is 23.2. The van der Waals surface area contributed by atoms with Crippen molar-refractivity contribution in [2.24, 2.45) is 0 Å². The smallest absolute Gasteiger partial charge is 0.175 e. The van der Waals surface area contributed by atoms with Gasteiger partial charge in [-0.2, -0.15) is 0 Å². The summed E-state index contributed by atoms with van der Waals surface area (Å²) in [6.45, 7) is 16.9. The zero-order chi connectivity index (χ0) is 26.2. The molecule has 0 aliphatic carbocycles. The zero-order valence-electron chi connectivity index (χ0n) is 22.4. The van der Waals surface area contributed by atoms with E-state index in [-0.39, 0.29) is 0 Å². The first-order valence-electron chi connectivity index (χ1n) is 12.9. The van der Waals surface area contributed by atoms with Crippen LogP contribution in [0.3, 0.4) is 0 Å². The van der Waals surface area contributed by atoms with Crippen LogP contribution in [0.2, 0.25) is 0 Å². The van der Waals surface area contributed by atoms with E-state index in [2.05, 4.69) is 61.7 Å². The van der Waals surface area contributed by atoms with Gasteiger partial charge in [0.25, 0.3) is 0 Å².